The van der Waals surface area contributed by atoms with Crippen molar-refractivity contribution in [3.63, 3.8) is 0 Å². The fourth-order valence-corrected chi connectivity index (χ4v) is 1.70. The maximum absolute atomic E-state index is 12.3. The van der Waals surface area contributed by atoms with Crippen molar-refractivity contribution < 1.29 is 37.7 Å². The molecule has 7 nitrogen and oxygen atoms in total. The van der Waals surface area contributed by atoms with Crippen molar-refractivity contribution in [3.05, 3.63) is 0 Å². The number of carboxylic acids is 1. The molecule has 1 amide bonds. The van der Waals surface area contributed by atoms with Crippen molar-refractivity contribution >= 4 is 12.1 Å². The highest BCUT2D eigenvalue weighted by atomic mass is 19.3. The molecule has 9 heteroatoms. The summed E-state index contributed by atoms with van der Waals surface area (Å²) in [6.45, 7) is 1.00. The number of carbonyl (C=O) groups excluding carboxylic acids is 1. The number of amides is 1. The quantitative estimate of drug-likeness (QED) is 0.846. The molecule has 1 N–H and O–H groups in total. The normalized spacial score (nSPS) is 23.8. The fourth-order valence-electron chi connectivity index (χ4n) is 1.70. The van der Waals surface area contributed by atoms with Gasteiger partial charge in [0.1, 0.15) is 11.7 Å². The van der Waals surface area contributed by atoms with Crippen LogP contribution in [0.1, 0.15) is 20.8 Å². The number of hydrogen-bond donors (Lipinski definition) is 1. The van der Waals surface area contributed by atoms with Gasteiger partial charge in [-0.3, -0.25) is 0 Å². The number of hydrogen-bond acceptors (Lipinski definition) is 5. The van der Waals surface area contributed by atoms with Gasteiger partial charge in [-0.05, 0) is 20.8 Å². The molecule has 2 atom stereocenters. The molecule has 0 unspecified atom stereocenters. The molecule has 0 aliphatic carbocycles. The number of carbonyl (C=O) groups is 2. The minimum atomic E-state index is -3.04. The molecule has 1 saturated heterocycles. The van der Waals surface area contributed by atoms with Gasteiger partial charge in [-0.25, -0.2) is 9.59 Å². The molecule has 0 aromatic rings. The van der Waals surface area contributed by atoms with Crippen molar-refractivity contribution in [3.8, 4) is 0 Å². The third-order valence-corrected chi connectivity index (χ3v) is 2.52. The van der Waals surface area contributed by atoms with E-state index in [0.29, 0.717) is 0 Å². The van der Waals surface area contributed by atoms with E-state index in [0.717, 1.165) is 4.90 Å². The number of aliphatic carboxylic acids is 1. The van der Waals surface area contributed by atoms with Gasteiger partial charge in [0.2, 0.25) is 0 Å². The molecule has 0 aromatic carbocycles. The van der Waals surface area contributed by atoms with E-state index in [1.54, 1.807) is 20.8 Å². The predicted octanol–water partition coefficient (Wildman–Crippen LogP) is 1.31. The van der Waals surface area contributed by atoms with Crippen LogP contribution in [0.2, 0.25) is 0 Å². The van der Waals surface area contributed by atoms with Crippen molar-refractivity contribution in [1.82, 2.24) is 4.90 Å². The van der Waals surface area contributed by atoms with Gasteiger partial charge >= 0.3 is 18.7 Å². The lowest BCUT2D eigenvalue weighted by Crippen LogP contribution is -2.44. The SMILES string of the molecule is CC(C)(C)OC(=O)N1C[C@@H](OC(F)F)CO[C@H](C(=O)O)C1. The summed E-state index contributed by atoms with van der Waals surface area (Å²) in [6.07, 6.45) is -3.24. The summed E-state index contributed by atoms with van der Waals surface area (Å²) in [5, 5.41) is 8.97. The second kappa shape index (κ2) is 6.99. The van der Waals surface area contributed by atoms with Crippen molar-refractivity contribution in [2.75, 3.05) is 19.7 Å². The minimum absolute atomic E-state index is 0.233. The van der Waals surface area contributed by atoms with Crippen LogP contribution in [0.25, 0.3) is 0 Å². The molecule has 0 radical (unpaired) electrons. The number of carboxylic acid groups (broad SMARTS) is 1. The molecule has 1 rings (SSSR count). The predicted molar refractivity (Wildman–Crippen MR) is 66.1 cm³/mol. The lowest BCUT2D eigenvalue weighted by molar-refractivity contribution is -0.179. The van der Waals surface area contributed by atoms with Crippen LogP contribution in [0.3, 0.4) is 0 Å². The Morgan fingerprint density at radius 2 is 1.95 bits per heavy atom. The van der Waals surface area contributed by atoms with E-state index in [2.05, 4.69) is 4.74 Å². The van der Waals surface area contributed by atoms with Gasteiger partial charge in [-0.1, -0.05) is 0 Å². The number of ether oxygens (including phenoxy) is 3. The topological polar surface area (TPSA) is 85.3 Å². The largest absolute Gasteiger partial charge is 0.479 e. The van der Waals surface area contributed by atoms with E-state index in [1.807, 2.05) is 0 Å². The summed E-state index contributed by atoms with van der Waals surface area (Å²) in [5.41, 5.74) is -0.790. The summed E-state index contributed by atoms with van der Waals surface area (Å²) in [7, 11) is 0. The van der Waals surface area contributed by atoms with Gasteiger partial charge in [0.15, 0.2) is 6.10 Å². The molecule has 0 saturated carbocycles. The van der Waals surface area contributed by atoms with E-state index in [9.17, 15) is 18.4 Å². The Balaban J connectivity index is 2.80. The molecule has 21 heavy (non-hydrogen) atoms. The first-order valence-corrected chi connectivity index (χ1v) is 6.34. The molecular formula is C12H19F2NO6. The summed E-state index contributed by atoms with van der Waals surface area (Å²) in [6, 6.07) is 0. The van der Waals surface area contributed by atoms with Crippen LogP contribution in [0, 0.1) is 0 Å². The molecule has 0 bridgehead atoms. The number of halogens is 2. The van der Waals surface area contributed by atoms with Crippen LogP contribution in [-0.2, 0) is 19.0 Å². The average Bonchev–Trinajstić information content (AvgIpc) is 2.48. The van der Waals surface area contributed by atoms with E-state index < -0.39 is 36.5 Å². The van der Waals surface area contributed by atoms with Crippen LogP contribution in [0.4, 0.5) is 13.6 Å². The van der Waals surface area contributed by atoms with Gasteiger partial charge in [0, 0.05) is 0 Å². The Morgan fingerprint density at radius 1 is 1.33 bits per heavy atom. The molecular weight excluding hydrogens is 292 g/mol. The van der Waals surface area contributed by atoms with Crippen LogP contribution < -0.4 is 0 Å². The van der Waals surface area contributed by atoms with Crippen LogP contribution in [-0.4, -0.2) is 66.2 Å². The van der Waals surface area contributed by atoms with Crippen molar-refractivity contribution in [2.24, 2.45) is 0 Å². The van der Waals surface area contributed by atoms with E-state index in [1.165, 1.54) is 0 Å². The van der Waals surface area contributed by atoms with Crippen LogP contribution >= 0.6 is 0 Å². The zero-order chi connectivity index (χ0) is 16.2. The third kappa shape index (κ3) is 6.21. The Bertz CT molecular complexity index is 384. The molecule has 1 fully saturated rings. The second-order valence-electron chi connectivity index (χ2n) is 5.56. The van der Waals surface area contributed by atoms with Gasteiger partial charge < -0.3 is 24.2 Å². The third-order valence-electron chi connectivity index (χ3n) is 2.52. The van der Waals surface area contributed by atoms with Gasteiger partial charge in [0.25, 0.3) is 0 Å². The smallest absolute Gasteiger partial charge is 0.410 e. The lowest BCUT2D eigenvalue weighted by atomic mass is 10.2. The summed E-state index contributed by atoms with van der Waals surface area (Å²) < 4.78 is 39.0. The van der Waals surface area contributed by atoms with Crippen LogP contribution in [0.5, 0.6) is 0 Å². The van der Waals surface area contributed by atoms with Crippen molar-refractivity contribution in [2.45, 2.75) is 45.2 Å². The standard InChI is InChI=1S/C12H19F2NO6/c1-12(2,3)21-11(18)15-4-7(20-10(13)14)6-19-8(5-15)9(16)17/h7-8,10H,4-6H2,1-3H3,(H,16,17)/t7-,8+/m1/s1. The Kier molecular flexibility index (Phi) is 5.85. The molecule has 122 valence electrons. The molecule has 1 aliphatic rings. The fraction of sp³-hybridized carbons (Fsp3) is 0.833. The first kappa shape index (κ1) is 17.6. The summed E-state index contributed by atoms with van der Waals surface area (Å²) in [5.74, 6) is -1.29. The number of alkyl halides is 2. The van der Waals surface area contributed by atoms with Crippen molar-refractivity contribution in [1.29, 1.82) is 0 Å². The molecule has 1 aliphatic heterocycles. The zero-order valence-electron chi connectivity index (χ0n) is 12.0. The Labute approximate surface area is 120 Å². The monoisotopic (exact) mass is 311 g/mol. The highest BCUT2D eigenvalue weighted by molar-refractivity contribution is 5.74. The first-order valence-electron chi connectivity index (χ1n) is 6.34. The average molecular weight is 311 g/mol. The second-order valence-corrected chi connectivity index (χ2v) is 5.56. The molecule has 0 spiro atoms. The van der Waals surface area contributed by atoms with Crippen LogP contribution in [0.15, 0.2) is 0 Å². The van der Waals surface area contributed by atoms with Gasteiger partial charge in [-0.15, -0.1) is 0 Å². The zero-order valence-corrected chi connectivity index (χ0v) is 12.0. The summed E-state index contributed by atoms with van der Waals surface area (Å²) >= 11 is 0. The molecule has 0 aromatic heterocycles. The van der Waals surface area contributed by atoms with E-state index >= 15 is 0 Å². The van der Waals surface area contributed by atoms with Gasteiger partial charge in [-0.2, -0.15) is 8.78 Å². The highest BCUT2D eigenvalue weighted by Gasteiger charge is 2.34. The number of nitrogens with zero attached hydrogens (tertiary/aromatic N) is 1. The number of rotatable bonds is 3. The lowest BCUT2D eigenvalue weighted by Gasteiger charge is -2.28. The Morgan fingerprint density at radius 3 is 2.43 bits per heavy atom. The first-order chi connectivity index (χ1) is 9.58. The minimum Gasteiger partial charge on any atom is -0.479 e. The maximum atomic E-state index is 12.3. The Hall–Kier alpha value is -1.48. The maximum Gasteiger partial charge on any atom is 0.410 e. The highest BCUT2D eigenvalue weighted by Crippen LogP contribution is 2.16. The van der Waals surface area contributed by atoms with E-state index in [4.69, 9.17) is 14.6 Å². The molecule has 1 heterocycles. The summed E-state index contributed by atoms with van der Waals surface area (Å²) in [4.78, 5) is 24.0. The van der Waals surface area contributed by atoms with Gasteiger partial charge in [0.05, 0.1) is 19.7 Å². The van der Waals surface area contributed by atoms with E-state index in [-0.39, 0.29) is 19.7 Å².